The first kappa shape index (κ1) is 12.3. The summed E-state index contributed by atoms with van der Waals surface area (Å²) in [4.78, 5) is 0. The lowest BCUT2D eigenvalue weighted by Gasteiger charge is -2.30. The molecule has 0 radical (unpaired) electrons. The van der Waals surface area contributed by atoms with Gasteiger partial charge in [-0.1, -0.05) is 5.16 Å². The SMILES string of the molecule is CCS(=O)(=O)N1CCCC(C(N)=NO)C1. The summed E-state index contributed by atoms with van der Waals surface area (Å²) < 4.78 is 24.6. The Morgan fingerprint density at radius 1 is 1.67 bits per heavy atom. The molecule has 6 nitrogen and oxygen atoms in total. The van der Waals surface area contributed by atoms with E-state index in [9.17, 15) is 8.42 Å². The predicted molar refractivity (Wildman–Crippen MR) is 57.2 cm³/mol. The average molecular weight is 235 g/mol. The largest absolute Gasteiger partial charge is 0.409 e. The second-order valence-electron chi connectivity index (χ2n) is 3.62. The van der Waals surface area contributed by atoms with E-state index in [1.54, 1.807) is 6.92 Å². The van der Waals surface area contributed by atoms with Crippen molar-refractivity contribution >= 4 is 15.9 Å². The van der Waals surface area contributed by atoms with E-state index < -0.39 is 10.0 Å². The number of nitrogens with two attached hydrogens (primary N) is 1. The van der Waals surface area contributed by atoms with Gasteiger partial charge in [-0.3, -0.25) is 0 Å². The second kappa shape index (κ2) is 4.80. The summed E-state index contributed by atoms with van der Waals surface area (Å²) in [7, 11) is -3.15. The molecule has 0 saturated carbocycles. The minimum absolute atomic E-state index is 0.0931. The van der Waals surface area contributed by atoms with Crippen molar-refractivity contribution in [1.82, 2.24) is 4.31 Å². The monoisotopic (exact) mass is 235 g/mol. The van der Waals surface area contributed by atoms with Crippen molar-refractivity contribution in [2.75, 3.05) is 18.8 Å². The summed E-state index contributed by atoms with van der Waals surface area (Å²) in [6.07, 6.45) is 1.52. The summed E-state index contributed by atoms with van der Waals surface area (Å²) in [5.74, 6) is 0.0478. The molecule has 0 spiro atoms. The molecule has 1 aliphatic rings. The maximum atomic E-state index is 11.6. The van der Waals surface area contributed by atoms with E-state index in [0.29, 0.717) is 13.1 Å². The van der Waals surface area contributed by atoms with Gasteiger partial charge < -0.3 is 10.9 Å². The number of amidine groups is 1. The number of hydrogen-bond donors (Lipinski definition) is 2. The minimum atomic E-state index is -3.15. The van der Waals surface area contributed by atoms with Gasteiger partial charge in [0.25, 0.3) is 0 Å². The van der Waals surface area contributed by atoms with Crippen LogP contribution in [0.25, 0.3) is 0 Å². The standard InChI is InChI=1S/C8H17N3O3S/c1-2-15(13,14)11-5-3-4-7(6-11)8(9)10-12/h7,12H,2-6H2,1H3,(H2,9,10). The maximum absolute atomic E-state index is 11.6. The Morgan fingerprint density at radius 2 is 2.33 bits per heavy atom. The van der Waals surface area contributed by atoms with Gasteiger partial charge in [0.2, 0.25) is 10.0 Å². The van der Waals surface area contributed by atoms with Crippen LogP contribution in [0, 0.1) is 5.92 Å². The molecule has 1 aliphatic heterocycles. The van der Waals surface area contributed by atoms with Crippen LogP contribution in [0.4, 0.5) is 0 Å². The molecule has 1 fully saturated rings. The van der Waals surface area contributed by atoms with Crippen molar-refractivity contribution in [3.8, 4) is 0 Å². The smallest absolute Gasteiger partial charge is 0.213 e. The number of hydrogen-bond acceptors (Lipinski definition) is 4. The predicted octanol–water partition coefficient (Wildman–Crippen LogP) is -0.205. The van der Waals surface area contributed by atoms with Crippen LogP contribution in [0.15, 0.2) is 5.16 Å². The lowest BCUT2D eigenvalue weighted by atomic mass is 9.99. The first-order chi connectivity index (χ1) is 7.01. The van der Waals surface area contributed by atoms with Crippen LogP contribution in [0.1, 0.15) is 19.8 Å². The van der Waals surface area contributed by atoms with Crippen LogP contribution in [-0.4, -0.2) is 42.6 Å². The first-order valence-corrected chi connectivity index (χ1v) is 6.57. The quantitative estimate of drug-likeness (QED) is 0.306. The lowest BCUT2D eigenvalue weighted by Crippen LogP contribution is -2.44. The van der Waals surface area contributed by atoms with Crippen LogP contribution >= 0.6 is 0 Å². The molecule has 0 amide bonds. The van der Waals surface area contributed by atoms with Crippen LogP contribution in [0.2, 0.25) is 0 Å². The zero-order valence-corrected chi connectivity index (χ0v) is 9.57. The summed E-state index contributed by atoms with van der Waals surface area (Å²) >= 11 is 0. The molecule has 0 aromatic rings. The van der Waals surface area contributed by atoms with Crippen LogP contribution in [-0.2, 0) is 10.0 Å². The fourth-order valence-electron chi connectivity index (χ4n) is 1.70. The van der Waals surface area contributed by atoms with E-state index in [-0.39, 0.29) is 17.5 Å². The van der Waals surface area contributed by atoms with Crippen LogP contribution in [0.5, 0.6) is 0 Å². The molecule has 1 rings (SSSR count). The van der Waals surface area contributed by atoms with Gasteiger partial charge in [0.05, 0.1) is 5.75 Å². The maximum Gasteiger partial charge on any atom is 0.213 e. The third kappa shape index (κ3) is 2.82. The highest BCUT2D eigenvalue weighted by Crippen LogP contribution is 2.19. The molecule has 0 bridgehead atoms. The Bertz CT molecular complexity index is 339. The third-order valence-corrected chi connectivity index (χ3v) is 4.52. The fraction of sp³-hybridized carbons (Fsp3) is 0.875. The molecule has 1 heterocycles. The molecule has 1 atom stereocenters. The molecule has 88 valence electrons. The van der Waals surface area contributed by atoms with E-state index >= 15 is 0 Å². The molecule has 0 aromatic carbocycles. The highest BCUT2D eigenvalue weighted by atomic mass is 32.2. The molecule has 3 N–H and O–H groups in total. The zero-order valence-electron chi connectivity index (χ0n) is 8.76. The van der Waals surface area contributed by atoms with E-state index in [4.69, 9.17) is 10.9 Å². The molecule has 0 aromatic heterocycles. The van der Waals surface area contributed by atoms with E-state index in [1.165, 1.54) is 4.31 Å². The van der Waals surface area contributed by atoms with Gasteiger partial charge in [0.15, 0.2) is 0 Å². The Kier molecular flexibility index (Phi) is 3.92. The van der Waals surface area contributed by atoms with Crippen molar-refractivity contribution in [3.63, 3.8) is 0 Å². The van der Waals surface area contributed by atoms with Gasteiger partial charge >= 0.3 is 0 Å². The van der Waals surface area contributed by atoms with E-state index in [2.05, 4.69) is 5.16 Å². The van der Waals surface area contributed by atoms with Crippen molar-refractivity contribution in [3.05, 3.63) is 0 Å². The van der Waals surface area contributed by atoms with Crippen molar-refractivity contribution in [2.24, 2.45) is 16.8 Å². The van der Waals surface area contributed by atoms with Crippen molar-refractivity contribution < 1.29 is 13.6 Å². The minimum Gasteiger partial charge on any atom is -0.409 e. The van der Waals surface area contributed by atoms with Gasteiger partial charge in [-0.05, 0) is 19.8 Å². The first-order valence-electron chi connectivity index (χ1n) is 4.96. The Hall–Kier alpha value is -0.820. The number of piperidine rings is 1. The number of oxime groups is 1. The summed E-state index contributed by atoms with van der Waals surface area (Å²) in [6.45, 7) is 2.47. The second-order valence-corrected chi connectivity index (χ2v) is 5.88. The van der Waals surface area contributed by atoms with E-state index in [0.717, 1.165) is 12.8 Å². The third-order valence-electron chi connectivity index (χ3n) is 2.68. The topological polar surface area (TPSA) is 96.0 Å². The lowest BCUT2D eigenvalue weighted by molar-refractivity contribution is 0.287. The molecule has 1 unspecified atom stereocenters. The Balaban J connectivity index is 2.73. The normalized spacial score (nSPS) is 25.4. The Morgan fingerprint density at radius 3 is 2.87 bits per heavy atom. The summed E-state index contributed by atoms with van der Waals surface area (Å²) in [5, 5.41) is 11.5. The van der Waals surface area contributed by atoms with Gasteiger partial charge in [0, 0.05) is 19.0 Å². The molecule has 0 aliphatic carbocycles. The van der Waals surface area contributed by atoms with Gasteiger partial charge in [0.1, 0.15) is 5.84 Å². The molecular formula is C8H17N3O3S. The van der Waals surface area contributed by atoms with Crippen LogP contribution in [0.3, 0.4) is 0 Å². The molecular weight excluding hydrogens is 218 g/mol. The zero-order chi connectivity index (χ0) is 11.5. The number of nitrogens with zero attached hydrogens (tertiary/aromatic N) is 2. The van der Waals surface area contributed by atoms with Crippen molar-refractivity contribution in [1.29, 1.82) is 0 Å². The highest BCUT2D eigenvalue weighted by molar-refractivity contribution is 7.89. The fourth-order valence-corrected chi connectivity index (χ4v) is 2.88. The van der Waals surface area contributed by atoms with E-state index in [1.807, 2.05) is 0 Å². The number of sulfonamides is 1. The Labute approximate surface area is 89.8 Å². The molecule has 7 heteroatoms. The van der Waals surface area contributed by atoms with Crippen LogP contribution < -0.4 is 5.73 Å². The van der Waals surface area contributed by atoms with Gasteiger partial charge in [-0.2, -0.15) is 0 Å². The average Bonchev–Trinajstić information content (AvgIpc) is 2.28. The molecule has 15 heavy (non-hydrogen) atoms. The van der Waals surface area contributed by atoms with Gasteiger partial charge in [-0.15, -0.1) is 0 Å². The van der Waals surface area contributed by atoms with Crippen molar-refractivity contribution in [2.45, 2.75) is 19.8 Å². The highest BCUT2D eigenvalue weighted by Gasteiger charge is 2.29. The summed E-state index contributed by atoms with van der Waals surface area (Å²) in [6, 6.07) is 0. The summed E-state index contributed by atoms with van der Waals surface area (Å²) in [5.41, 5.74) is 5.47. The molecule has 1 saturated heterocycles. The van der Waals surface area contributed by atoms with Gasteiger partial charge in [-0.25, -0.2) is 12.7 Å². The number of rotatable bonds is 3.